The summed E-state index contributed by atoms with van der Waals surface area (Å²) in [6.07, 6.45) is 12.1. The Bertz CT molecular complexity index is 161. The molecule has 1 aliphatic carbocycles. The van der Waals surface area contributed by atoms with Gasteiger partial charge in [0.25, 0.3) is 0 Å². The highest BCUT2D eigenvalue weighted by Crippen LogP contribution is 2.34. The molecule has 2 heteroatoms. The van der Waals surface area contributed by atoms with Gasteiger partial charge in [-0.15, -0.1) is 0 Å². The number of methoxy groups -OCH3 is 1. The van der Waals surface area contributed by atoms with Crippen molar-refractivity contribution in [3.63, 3.8) is 0 Å². The van der Waals surface area contributed by atoms with Crippen molar-refractivity contribution in [3.05, 3.63) is 0 Å². The van der Waals surface area contributed by atoms with Gasteiger partial charge in [0.05, 0.1) is 5.60 Å². The van der Waals surface area contributed by atoms with Crippen LogP contribution in [0.4, 0.5) is 0 Å². The van der Waals surface area contributed by atoms with Gasteiger partial charge in [-0.05, 0) is 32.2 Å². The molecule has 1 N–H and O–H groups in total. The van der Waals surface area contributed by atoms with Crippen LogP contribution in [-0.4, -0.2) is 25.8 Å². The fourth-order valence-electron chi connectivity index (χ4n) is 2.37. The first-order chi connectivity index (χ1) is 7.83. The van der Waals surface area contributed by atoms with Crippen molar-refractivity contribution in [3.8, 4) is 0 Å². The number of ether oxygens (including phenoxy) is 1. The third-order valence-electron chi connectivity index (χ3n) is 3.85. The van der Waals surface area contributed by atoms with Crippen LogP contribution in [0.2, 0.25) is 0 Å². The molecule has 0 radical (unpaired) electrons. The van der Waals surface area contributed by atoms with Gasteiger partial charge in [0.15, 0.2) is 0 Å². The molecule has 1 rings (SSSR count). The zero-order chi connectivity index (χ0) is 11.7. The van der Waals surface area contributed by atoms with Gasteiger partial charge in [0, 0.05) is 13.7 Å². The highest BCUT2D eigenvalue weighted by molar-refractivity contribution is 4.91. The minimum atomic E-state index is 0.197. The second kappa shape index (κ2) is 8.08. The Morgan fingerprint density at radius 2 is 1.75 bits per heavy atom. The highest BCUT2D eigenvalue weighted by Gasteiger charge is 2.36. The van der Waals surface area contributed by atoms with Crippen LogP contribution in [0.3, 0.4) is 0 Å². The lowest BCUT2D eigenvalue weighted by molar-refractivity contribution is -0.0692. The monoisotopic (exact) mass is 227 g/mol. The van der Waals surface area contributed by atoms with Crippen LogP contribution in [0, 0.1) is 0 Å². The van der Waals surface area contributed by atoms with E-state index in [0.717, 1.165) is 13.1 Å². The lowest BCUT2D eigenvalue weighted by atomic mass is 9.80. The van der Waals surface area contributed by atoms with E-state index in [2.05, 4.69) is 12.2 Å². The summed E-state index contributed by atoms with van der Waals surface area (Å²) >= 11 is 0. The maximum absolute atomic E-state index is 5.57. The normalized spacial score (nSPS) is 18.4. The molecule has 0 aliphatic heterocycles. The third kappa shape index (κ3) is 4.84. The van der Waals surface area contributed by atoms with E-state index in [-0.39, 0.29) is 5.60 Å². The summed E-state index contributed by atoms with van der Waals surface area (Å²) in [7, 11) is 1.85. The van der Waals surface area contributed by atoms with E-state index in [1.807, 2.05) is 7.11 Å². The number of rotatable bonds is 10. The largest absolute Gasteiger partial charge is 0.377 e. The summed E-state index contributed by atoms with van der Waals surface area (Å²) in [4.78, 5) is 0. The summed E-state index contributed by atoms with van der Waals surface area (Å²) in [6, 6.07) is 0. The molecule has 1 saturated carbocycles. The third-order valence-corrected chi connectivity index (χ3v) is 3.85. The van der Waals surface area contributed by atoms with E-state index in [9.17, 15) is 0 Å². The van der Waals surface area contributed by atoms with Crippen molar-refractivity contribution in [2.75, 3.05) is 20.2 Å². The Labute approximate surface area is 101 Å². The molecule has 0 aromatic carbocycles. The first-order valence-electron chi connectivity index (χ1n) is 7.09. The zero-order valence-corrected chi connectivity index (χ0v) is 11.2. The Morgan fingerprint density at radius 1 is 1.06 bits per heavy atom. The van der Waals surface area contributed by atoms with Gasteiger partial charge in [-0.1, -0.05) is 39.0 Å². The van der Waals surface area contributed by atoms with Crippen molar-refractivity contribution in [2.24, 2.45) is 0 Å². The van der Waals surface area contributed by atoms with Crippen LogP contribution in [0.5, 0.6) is 0 Å². The van der Waals surface area contributed by atoms with Gasteiger partial charge in [-0.2, -0.15) is 0 Å². The lowest BCUT2D eigenvalue weighted by Gasteiger charge is -2.40. The second-order valence-electron chi connectivity index (χ2n) is 5.19. The van der Waals surface area contributed by atoms with E-state index >= 15 is 0 Å². The zero-order valence-electron chi connectivity index (χ0n) is 11.2. The van der Waals surface area contributed by atoms with Gasteiger partial charge in [0.2, 0.25) is 0 Å². The van der Waals surface area contributed by atoms with Gasteiger partial charge in [-0.25, -0.2) is 0 Å². The van der Waals surface area contributed by atoms with Gasteiger partial charge in [0.1, 0.15) is 0 Å². The standard InChI is InChI=1S/C14H29NO/c1-3-4-5-6-7-8-12-15-13-14(16-2)10-9-11-14/h15H,3-13H2,1-2H3. The first kappa shape index (κ1) is 14.0. The number of nitrogens with one attached hydrogen (secondary N) is 1. The molecule has 0 bridgehead atoms. The van der Waals surface area contributed by atoms with Crippen molar-refractivity contribution < 1.29 is 4.74 Å². The average Bonchev–Trinajstić information content (AvgIpc) is 2.25. The second-order valence-corrected chi connectivity index (χ2v) is 5.19. The minimum Gasteiger partial charge on any atom is -0.377 e. The number of unbranched alkanes of at least 4 members (excludes halogenated alkanes) is 5. The van der Waals surface area contributed by atoms with Crippen LogP contribution in [0.15, 0.2) is 0 Å². The van der Waals surface area contributed by atoms with Crippen LogP contribution in [-0.2, 0) is 4.74 Å². The molecule has 1 fully saturated rings. The predicted octanol–water partition coefficient (Wildman–Crippen LogP) is 3.51. The molecule has 0 spiro atoms. The van der Waals surface area contributed by atoms with Crippen LogP contribution in [0.1, 0.15) is 64.7 Å². The summed E-state index contributed by atoms with van der Waals surface area (Å²) in [5, 5.41) is 3.54. The van der Waals surface area contributed by atoms with E-state index in [4.69, 9.17) is 4.74 Å². The highest BCUT2D eigenvalue weighted by atomic mass is 16.5. The SMILES string of the molecule is CCCCCCCCNCC1(OC)CCC1. The Balaban J connectivity index is 1.84. The summed E-state index contributed by atoms with van der Waals surface area (Å²) in [5.74, 6) is 0. The summed E-state index contributed by atoms with van der Waals surface area (Å²) in [6.45, 7) is 4.49. The molecule has 0 heterocycles. The molecule has 0 aromatic rings. The molecule has 0 saturated heterocycles. The summed E-state index contributed by atoms with van der Waals surface area (Å²) < 4.78 is 5.57. The van der Waals surface area contributed by atoms with Crippen LogP contribution >= 0.6 is 0 Å². The predicted molar refractivity (Wildman–Crippen MR) is 69.8 cm³/mol. The molecular weight excluding hydrogens is 198 g/mol. The molecule has 1 aliphatic rings. The Kier molecular flexibility index (Phi) is 7.06. The molecule has 16 heavy (non-hydrogen) atoms. The number of hydrogen-bond donors (Lipinski definition) is 1. The van der Waals surface area contributed by atoms with Crippen LogP contribution < -0.4 is 5.32 Å². The molecule has 0 aromatic heterocycles. The molecule has 0 amide bonds. The summed E-state index contributed by atoms with van der Waals surface area (Å²) in [5.41, 5.74) is 0.197. The van der Waals surface area contributed by atoms with E-state index in [0.29, 0.717) is 0 Å². The maximum Gasteiger partial charge on any atom is 0.0802 e. The molecule has 96 valence electrons. The fourth-order valence-corrected chi connectivity index (χ4v) is 2.37. The van der Waals surface area contributed by atoms with Crippen molar-refractivity contribution in [1.82, 2.24) is 5.32 Å². The topological polar surface area (TPSA) is 21.3 Å². The first-order valence-corrected chi connectivity index (χ1v) is 7.09. The van der Waals surface area contributed by atoms with Crippen molar-refractivity contribution in [2.45, 2.75) is 70.3 Å². The molecule has 2 nitrogen and oxygen atoms in total. The average molecular weight is 227 g/mol. The molecule has 0 atom stereocenters. The van der Waals surface area contributed by atoms with Crippen molar-refractivity contribution in [1.29, 1.82) is 0 Å². The van der Waals surface area contributed by atoms with Gasteiger partial charge >= 0.3 is 0 Å². The van der Waals surface area contributed by atoms with Gasteiger partial charge < -0.3 is 10.1 Å². The molecular formula is C14H29NO. The Morgan fingerprint density at radius 3 is 2.31 bits per heavy atom. The fraction of sp³-hybridized carbons (Fsp3) is 1.00. The smallest absolute Gasteiger partial charge is 0.0802 e. The van der Waals surface area contributed by atoms with E-state index < -0.39 is 0 Å². The lowest BCUT2D eigenvalue weighted by Crippen LogP contribution is -2.48. The van der Waals surface area contributed by atoms with Gasteiger partial charge in [-0.3, -0.25) is 0 Å². The maximum atomic E-state index is 5.57. The Hall–Kier alpha value is -0.0800. The number of hydrogen-bond acceptors (Lipinski definition) is 2. The van der Waals surface area contributed by atoms with Crippen molar-refractivity contribution >= 4 is 0 Å². The minimum absolute atomic E-state index is 0.197. The van der Waals surface area contributed by atoms with E-state index in [1.165, 1.54) is 57.8 Å². The van der Waals surface area contributed by atoms with Crippen LogP contribution in [0.25, 0.3) is 0 Å². The van der Waals surface area contributed by atoms with E-state index in [1.54, 1.807) is 0 Å². The molecule has 0 unspecified atom stereocenters. The quantitative estimate of drug-likeness (QED) is 0.577.